The van der Waals surface area contributed by atoms with Crippen LogP contribution in [0.25, 0.3) is 10.9 Å². The van der Waals surface area contributed by atoms with Gasteiger partial charge in [0.25, 0.3) is 5.91 Å². The number of amides is 1. The first-order valence-electron chi connectivity index (χ1n) is 6.43. The van der Waals surface area contributed by atoms with Gasteiger partial charge in [0.15, 0.2) is 5.82 Å². The number of hydrogen-bond donors (Lipinski definition) is 1. The lowest BCUT2D eigenvalue weighted by Gasteiger charge is -2.15. The molecule has 6 nitrogen and oxygen atoms in total. The van der Waals surface area contributed by atoms with Crippen LogP contribution in [0.3, 0.4) is 0 Å². The quantitative estimate of drug-likeness (QED) is 0.803. The molecule has 2 heterocycles. The Morgan fingerprint density at radius 3 is 2.95 bits per heavy atom. The Labute approximate surface area is 125 Å². The van der Waals surface area contributed by atoms with Crippen molar-refractivity contribution < 1.29 is 9.32 Å². The number of rotatable bonds is 4. The van der Waals surface area contributed by atoms with E-state index in [1.165, 1.54) is 6.39 Å². The van der Waals surface area contributed by atoms with Crippen molar-refractivity contribution in [2.45, 2.75) is 6.42 Å². The van der Waals surface area contributed by atoms with Crippen molar-refractivity contribution >= 4 is 28.4 Å². The first-order valence-corrected chi connectivity index (χ1v) is 6.81. The highest BCUT2D eigenvalue weighted by Gasteiger charge is 2.19. The number of H-pyrrole nitrogens is 1. The lowest BCUT2D eigenvalue weighted by molar-refractivity contribution is 0.0791. The molecular weight excluding hydrogens is 292 g/mol. The number of halogens is 1. The Bertz CT molecular complexity index is 766. The van der Waals surface area contributed by atoms with Crippen LogP contribution in [0.5, 0.6) is 0 Å². The fourth-order valence-electron chi connectivity index (χ4n) is 2.12. The molecule has 0 atom stereocenters. The van der Waals surface area contributed by atoms with E-state index in [0.29, 0.717) is 29.5 Å². The number of para-hydroxylation sites is 1. The van der Waals surface area contributed by atoms with Crippen molar-refractivity contribution in [1.29, 1.82) is 0 Å². The summed E-state index contributed by atoms with van der Waals surface area (Å²) in [6, 6.07) is 7.54. The number of nitrogens with zero attached hydrogens (tertiary/aromatic N) is 3. The Morgan fingerprint density at radius 1 is 1.43 bits per heavy atom. The van der Waals surface area contributed by atoms with Gasteiger partial charge in [0.2, 0.25) is 6.39 Å². The first-order chi connectivity index (χ1) is 10.2. The van der Waals surface area contributed by atoms with Gasteiger partial charge in [0.05, 0.1) is 5.02 Å². The number of aromatic amines is 1. The van der Waals surface area contributed by atoms with Crippen LogP contribution in [0.15, 0.2) is 35.2 Å². The smallest absolute Gasteiger partial charge is 0.271 e. The molecule has 3 rings (SSSR count). The third-order valence-corrected chi connectivity index (χ3v) is 3.67. The van der Waals surface area contributed by atoms with Crippen LogP contribution < -0.4 is 0 Å². The van der Waals surface area contributed by atoms with Crippen LogP contribution in [0.4, 0.5) is 0 Å². The van der Waals surface area contributed by atoms with Crippen LogP contribution in [-0.4, -0.2) is 39.5 Å². The molecule has 0 unspecified atom stereocenters. The van der Waals surface area contributed by atoms with E-state index in [1.807, 2.05) is 24.3 Å². The van der Waals surface area contributed by atoms with Crippen molar-refractivity contribution in [3.8, 4) is 0 Å². The highest BCUT2D eigenvalue weighted by Crippen LogP contribution is 2.27. The van der Waals surface area contributed by atoms with E-state index in [2.05, 4.69) is 19.6 Å². The highest BCUT2D eigenvalue weighted by atomic mass is 35.5. The standard InChI is InChI=1S/C14H13ClN4O2/c1-19(7-6-11-16-8-21-18-11)14(20)13-12(15)9-4-2-3-5-10(9)17-13/h2-5,8,17H,6-7H2,1H3. The summed E-state index contributed by atoms with van der Waals surface area (Å²) in [5.41, 5.74) is 1.24. The summed E-state index contributed by atoms with van der Waals surface area (Å²) in [7, 11) is 1.71. The van der Waals surface area contributed by atoms with Crippen LogP contribution in [0.1, 0.15) is 16.3 Å². The van der Waals surface area contributed by atoms with E-state index in [-0.39, 0.29) is 5.91 Å². The van der Waals surface area contributed by atoms with Crippen molar-refractivity contribution in [3.63, 3.8) is 0 Å². The molecule has 0 saturated carbocycles. The van der Waals surface area contributed by atoms with Gasteiger partial charge in [-0.3, -0.25) is 4.79 Å². The predicted molar refractivity (Wildman–Crippen MR) is 78.3 cm³/mol. The summed E-state index contributed by atoms with van der Waals surface area (Å²) in [5, 5.41) is 5.00. The van der Waals surface area contributed by atoms with E-state index in [9.17, 15) is 4.79 Å². The molecule has 3 aromatic rings. The summed E-state index contributed by atoms with van der Waals surface area (Å²) >= 11 is 6.28. The number of fused-ring (bicyclic) bond motifs is 1. The third-order valence-electron chi connectivity index (χ3n) is 3.28. The zero-order valence-electron chi connectivity index (χ0n) is 11.3. The number of carbonyl (C=O) groups excluding carboxylic acids is 1. The van der Waals surface area contributed by atoms with Crippen LogP contribution in [0.2, 0.25) is 5.02 Å². The van der Waals surface area contributed by atoms with Crippen molar-refractivity contribution in [1.82, 2.24) is 20.0 Å². The number of nitrogens with one attached hydrogen (secondary N) is 1. The Hall–Kier alpha value is -2.34. The van der Waals surface area contributed by atoms with Crippen molar-refractivity contribution in [2.75, 3.05) is 13.6 Å². The zero-order valence-corrected chi connectivity index (χ0v) is 12.1. The number of likely N-dealkylation sites (N-methyl/N-ethyl adjacent to an activating group) is 1. The SMILES string of the molecule is CN(CCc1ncon1)C(=O)c1[nH]c2ccccc2c1Cl. The zero-order chi connectivity index (χ0) is 14.8. The van der Waals surface area contributed by atoms with E-state index >= 15 is 0 Å². The topological polar surface area (TPSA) is 75.0 Å². The van der Waals surface area contributed by atoms with Crippen LogP contribution in [-0.2, 0) is 6.42 Å². The molecule has 7 heteroatoms. The first kappa shape index (κ1) is 13.6. The van der Waals surface area contributed by atoms with E-state index in [0.717, 1.165) is 10.9 Å². The molecule has 0 spiro atoms. The predicted octanol–water partition coefficient (Wildman–Crippen LogP) is 2.52. The van der Waals surface area contributed by atoms with Gasteiger partial charge >= 0.3 is 0 Å². The lowest BCUT2D eigenvalue weighted by Crippen LogP contribution is -2.29. The minimum Gasteiger partial charge on any atom is -0.349 e. The average Bonchev–Trinajstić information content (AvgIpc) is 3.13. The number of hydrogen-bond acceptors (Lipinski definition) is 4. The summed E-state index contributed by atoms with van der Waals surface area (Å²) in [6.07, 6.45) is 1.79. The molecule has 0 fully saturated rings. The molecular formula is C14H13ClN4O2. The molecule has 0 aliphatic rings. The fourth-order valence-corrected chi connectivity index (χ4v) is 2.41. The molecule has 21 heavy (non-hydrogen) atoms. The second kappa shape index (κ2) is 5.57. The average molecular weight is 305 g/mol. The minimum absolute atomic E-state index is 0.167. The maximum atomic E-state index is 12.4. The van der Waals surface area contributed by atoms with Gasteiger partial charge in [-0.05, 0) is 6.07 Å². The molecule has 0 bridgehead atoms. The summed E-state index contributed by atoms with van der Waals surface area (Å²) in [6.45, 7) is 0.476. The highest BCUT2D eigenvalue weighted by molar-refractivity contribution is 6.38. The molecule has 0 aliphatic heterocycles. The summed E-state index contributed by atoms with van der Waals surface area (Å²) in [5.74, 6) is 0.400. The molecule has 1 N–H and O–H groups in total. The maximum absolute atomic E-state index is 12.4. The van der Waals surface area contributed by atoms with E-state index < -0.39 is 0 Å². The van der Waals surface area contributed by atoms with Crippen LogP contribution >= 0.6 is 11.6 Å². The number of carbonyl (C=O) groups is 1. The summed E-state index contributed by atoms with van der Waals surface area (Å²) in [4.78, 5) is 21.0. The summed E-state index contributed by atoms with van der Waals surface area (Å²) < 4.78 is 4.66. The molecule has 108 valence electrons. The maximum Gasteiger partial charge on any atom is 0.271 e. The van der Waals surface area contributed by atoms with Gasteiger partial charge in [-0.2, -0.15) is 4.98 Å². The minimum atomic E-state index is -0.167. The van der Waals surface area contributed by atoms with Gasteiger partial charge < -0.3 is 14.4 Å². The second-order valence-electron chi connectivity index (χ2n) is 4.68. The molecule has 0 saturated heterocycles. The van der Waals surface area contributed by atoms with Gasteiger partial charge in [-0.25, -0.2) is 0 Å². The molecule has 2 aromatic heterocycles. The monoisotopic (exact) mass is 304 g/mol. The second-order valence-corrected chi connectivity index (χ2v) is 5.06. The van der Waals surface area contributed by atoms with Gasteiger partial charge in [-0.15, -0.1) is 0 Å². The molecule has 1 amide bonds. The third kappa shape index (κ3) is 2.62. The molecule has 0 aliphatic carbocycles. The van der Waals surface area contributed by atoms with E-state index in [4.69, 9.17) is 11.6 Å². The Balaban J connectivity index is 1.78. The van der Waals surface area contributed by atoms with E-state index in [1.54, 1.807) is 11.9 Å². The molecule has 1 aromatic carbocycles. The Morgan fingerprint density at radius 2 is 2.24 bits per heavy atom. The number of benzene rings is 1. The van der Waals surface area contributed by atoms with Gasteiger partial charge in [0.1, 0.15) is 5.69 Å². The van der Waals surface area contributed by atoms with Crippen LogP contribution in [0, 0.1) is 0 Å². The Kier molecular flexibility index (Phi) is 3.62. The fraction of sp³-hybridized carbons (Fsp3) is 0.214. The normalized spacial score (nSPS) is 11.0. The molecule has 0 radical (unpaired) electrons. The van der Waals surface area contributed by atoms with Crippen molar-refractivity contribution in [3.05, 3.63) is 47.2 Å². The van der Waals surface area contributed by atoms with Gasteiger partial charge in [-0.1, -0.05) is 35.0 Å². The lowest BCUT2D eigenvalue weighted by atomic mass is 10.2. The largest absolute Gasteiger partial charge is 0.349 e. The van der Waals surface area contributed by atoms with Crippen molar-refractivity contribution in [2.24, 2.45) is 0 Å². The number of aromatic nitrogens is 3. The van der Waals surface area contributed by atoms with Gasteiger partial charge in [0, 0.05) is 30.9 Å².